The fourth-order valence-corrected chi connectivity index (χ4v) is 0.742. The van der Waals surface area contributed by atoms with Crippen molar-refractivity contribution >= 4 is 13.3 Å². The van der Waals surface area contributed by atoms with Crippen LogP contribution in [0.5, 0.6) is 0 Å². The fourth-order valence-electron chi connectivity index (χ4n) is 0.742. The van der Waals surface area contributed by atoms with Gasteiger partial charge in [0.05, 0.1) is 5.82 Å². The lowest BCUT2D eigenvalue weighted by molar-refractivity contribution is 0.302. The highest BCUT2D eigenvalue weighted by molar-refractivity contribution is 6.44. The molecule has 1 heterocycles. The highest BCUT2D eigenvalue weighted by atomic mass is 19.1. The topological polar surface area (TPSA) is 52.8 Å². The van der Waals surface area contributed by atoms with E-state index >= 15 is 0 Å². The molecule has 0 aromatic rings. The third-order valence-corrected chi connectivity index (χ3v) is 1.31. The average molecular weight is 143 g/mol. The fraction of sp³-hybridized carbons (Fsp3) is 0.400. The first kappa shape index (κ1) is 7.43. The monoisotopic (exact) mass is 143 g/mol. The van der Waals surface area contributed by atoms with Gasteiger partial charge in [-0.05, 0) is 6.08 Å². The maximum atomic E-state index is 12.5. The van der Waals surface area contributed by atoms with Gasteiger partial charge in [0, 0.05) is 6.21 Å². The molecular formula is C5H7BFNO2. The van der Waals surface area contributed by atoms with Crippen LogP contribution in [0.15, 0.2) is 17.1 Å². The molecular weight excluding hydrogens is 136 g/mol. The molecule has 2 unspecified atom stereocenters. The minimum Gasteiger partial charge on any atom is -0.427 e. The summed E-state index contributed by atoms with van der Waals surface area (Å²) in [4.78, 5) is 3.33. The molecule has 3 nitrogen and oxygen atoms in total. The van der Waals surface area contributed by atoms with Crippen LogP contribution < -0.4 is 0 Å². The van der Waals surface area contributed by atoms with E-state index in [0.717, 1.165) is 0 Å². The number of hydrogen-bond acceptors (Lipinski definition) is 3. The Bertz CT molecular complexity index is 171. The normalized spacial score (nSPS) is 30.7. The summed E-state index contributed by atoms with van der Waals surface area (Å²) < 4.78 is 12.5. The Hall–Kier alpha value is -0.675. The number of aliphatic imine (C=N–C) groups is 1. The molecule has 2 atom stereocenters. The van der Waals surface area contributed by atoms with E-state index in [9.17, 15) is 4.39 Å². The Morgan fingerprint density at radius 1 is 1.50 bits per heavy atom. The van der Waals surface area contributed by atoms with Crippen molar-refractivity contribution in [3.63, 3.8) is 0 Å². The summed E-state index contributed by atoms with van der Waals surface area (Å²) in [5.74, 6) is -0.912. The number of rotatable bonds is 1. The quantitative estimate of drug-likeness (QED) is 0.393. The summed E-state index contributed by atoms with van der Waals surface area (Å²) in [5.41, 5.74) is 0. The van der Waals surface area contributed by atoms with E-state index in [1.54, 1.807) is 0 Å². The van der Waals surface area contributed by atoms with Gasteiger partial charge in [-0.2, -0.15) is 0 Å². The minimum absolute atomic E-state index is 0.912. The van der Waals surface area contributed by atoms with Crippen LogP contribution in [0, 0.1) is 0 Å². The minimum atomic E-state index is -1.66. The number of alkyl halides is 1. The predicted octanol–water partition coefficient (Wildman–Crippen LogP) is -0.234. The second-order valence-electron chi connectivity index (χ2n) is 2.05. The lowest BCUT2D eigenvalue weighted by atomic mass is 9.71. The molecule has 0 aromatic carbocycles. The first-order valence-corrected chi connectivity index (χ1v) is 2.92. The van der Waals surface area contributed by atoms with Crippen molar-refractivity contribution in [1.29, 1.82) is 0 Å². The average Bonchev–Trinajstić information content (AvgIpc) is 1.88. The summed E-state index contributed by atoms with van der Waals surface area (Å²) >= 11 is 0. The largest absolute Gasteiger partial charge is 0.463 e. The molecule has 0 saturated carbocycles. The van der Waals surface area contributed by atoms with Crippen LogP contribution in [-0.2, 0) is 0 Å². The van der Waals surface area contributed by atoms with Gasteiger partial charge < -0.3 is 10.0 Å². The maximum Gasteiger partial charge on any atom is 0.463 e. The smallest absolute Gasteiger partial charge is 0.427 e. The number of nitrogens with zero attached hydrogens (tertiary/aromatic N) is 1. The molecule has 0 radical (unpaired) electrons. The van der Waals surface area contributed by atoms with Gasteiger partial charge in [0.2, 0.25) is 0 Å². The summed E-state index contributed by atoms with van der Waals surface area (Å²) in [6.07, 6.45) is 2.64. The Kier molecular flexibility index (Phi) is 2.19. The highest BCUT2D eigenvalue weighted by Gasteiger charge is 2.30. The molecule has 1 aliphatic heterocycles. The van der Waals surface area contributed by atoms with Crippen LogP contribution in [0.2, 0.25) is 5.82 Å². The molecule has 10 heavy (non-hydrogen) atoms. The molecule has 0 aliphatic carbocycles. The van der Waals surface area contributed by atoms with Gasteiger partial charge in [0.25, 0.3) is 0 Å². The van der Waals surface area contributed by atoms with E-state index < -0.39 is 19.2 Å². The van der Waals surface area contributed by atoms with Crippen LogP contribution in [0.1, 0.15) is 0 Å². The van der Waals surface area contributed by atoms with Crippen LogP contribution in [0.3, 0.4) is 0 Å². The Balaban J connectivity index is 2.61. The third kappa shape index (κ3) is 1.43. The van der Waals surface area contributed by atoms with Gasteiger partial charge >= 0.3 is 7.12 Å². The summed E-state index contributed by atoms with van der Waals surface area (Å²) in [6, 6.07) is 0. The van der Waals surface area contributed by atoms with E-state index in [-0.39, 0.29) is 0 Å². The second kappa shape index (κ2) is 2.94. The first-order chi connectivity index (χ1) is 4.72. The van der Waals surface area contributed by atoms with Crippen molar-refractivity contribution in [3.05, 3.63) is 12.2 Å². The summed E-state index contributed by atoms with van der Waals surface area (Å²) in [6.45, 7) is 0. The van der Waals surface area contributed by atoms with Crippen molar-refractivity contribution in [2.75, 3.05) is 0 Å². The zero-order valence-corrected chi connectivity index (χ0v) is 5.18. The van der Waals surface area contributed by atoms with E-state index in [4.69, 9.17) is 10.0 Å². The second-order valence-corrected chi connectivity index (χ2v) is 2.05. The maximum absolute atomic E-state index is 12.5. The number of hydrogen-bond donors (Lipinski definition) is 2. The van der Waals surface area contributed by atoms with E-state index in [0.29, 0.717) is 0 Å². The van der Waals surface area contributed by atoms with Gasteiger partial charge in [0.15, 0.2) is 6.30 Å². The van der Waals surface area contributed by atoms with E-state index in [1.807, 2.05) is 0 Å². The van der Waals surface area contributed by atoms with Crippen molar-refractivity contribution in [2.45, 2.75) is 12.1 Å². The van der Waals surface area contributed by atoms with Crippen LogP contribution in [0.25, 0.3) is 0 Å². The molecule has 1 rings (SSSR count). The van der Waals surface area contributed by atoms with Crippen molar-refractivity contribution < 1.29 is 14.4 Å². The van der Waals surface area contributed by atoms with Gasteiger partial charge in [-0.15, -0.1) is 0 Å². The Labute approximate surface area is 58.0 Å². The van der Waals surface area contributed by atoms with E-state index in [2.05, 4.69) is 4.99 Å². The Morgan fingerprint density at radius 3 is 2.60 bits per heavy atom. The molecule has 0 amide bonds. The van der Waals surface area contributed by atoms with Crippen molar-refractivity contribution in [2.24, 2.45) is 4.99 Å². The molecule has 54 valence electrons. The lowest BCUT2D eigenvalue weighted by Gasteiger charge is -2.14. The van der Waals surface area contributed by atoms with Crippen molar-refractivity contribution in [1.82, 2.24) is 0 Å². The molecule has 0 spiro atoms. The molecule has 0 fully saturated rings. The van der Waals surface area contributed by atoms with Gasteiger partial charge in [-0.1, -0.05) is 6.08 Å². The first-order valence-electron chi connectivity index (χ1n) is 2.92. The Morgan fingerprint density at radius 2 is 2.20 bits per heavy atom. The van der Waals surface area contributed by atoms with Crippen LogP contribution in [-0.4, -0.2) is 29.7 Å². The molecule has 0 saturated heterocycles. The van der Waals surface area contributed by atoms with Crippen LogP contribution in [0.4, 0.5) is 4.39 Å². The van der Waals surface area contributed by atoms with E-state index in [1.165, 1.54) is 18.4 Å². The molecule has 1 aliphatic rings. The number of halogens is 1. The zero-order chi connectivity index (χ0) is 7.56. The molecule has 0 bridgehead atoms. The molecule has 0 aromatic heterocycles. The summed E-state index contributed by atoms with van der Waals surface area (Å²) in [5, 5.41) is 17.1. The summed E-state index contributed by atoms with van der Waals surface area (Å²) in [7, 11) is -1.66. The SMILES string of the molecule is OB(O)C1C=CC=NC1F. The lowest BCUT2D eigenvalue weighted by Crippen LogP contribution is -2.26. The molecule has 5 heteroatoms. The van der Waals surface area contributed by atoms with Gasteiger partial charge in [0.1, 0.15) is 0 Å². The van der Waals surface area contributed by atoms with Gasteiger partial charge in [-0.3, -0.25) is 4.99 Å². The van der Waals surface area contributed by atoms with Gasteiger partial charge in [-0.25, -0.2) is 4.39 Å². The van der Waals surface area contributed by atoms with Crippen molar-refractivity contribution in [3.8, 4) is 0 Å². The third-order valence-electron chi connectivity index (χ3n) is 1.31. The standard InChI is InChI=1S/C5H7BFNO2/c7-5-4(6(9)10)2-1-3-8-5/h1-5,9-10H. The number of dihydropyridines is 1. The zero-order valence-electron chi connectivity index (χ0n) is 5.18. The molecule has 2 N–H and O–H groups in total. The predicted molar refractivity (Wildman–Crippen MR) is 36.5 cm³/mol. The number of allylic oxidation sites excluding steroid dienone is 1. The highest BCUT2D eigenvalue weighted by Crippen LogP contribution is 2.21. The van der Waals surface area contributed by atoms with Crippen LogP contribution >= 0.6 is 0 Å².